The molecule has 23 heavy (non-hydrogen) atoms. The Labute approximate surface area is 136 Å². The van der Waals surface area contributed by atoms with Crippen LogP contribution in [0.25, 0.3) is 0 Å². The fourth-order valence-corrected chi connectivity index (χ4v) is 2.62. The lowest BCUT2D eigenvalue weighted by Crippen LogP contribution is -2.27. The number of carbonyl (C=O) groups is 2. The van der Waals surface area contributed by atoms with Crippen LogP contribution >= 0.6 is 0 Å². The number of carboxylic acids is 1. The Balaban J connectivity index is 1.85. The molecule has 0 spiro atoms. The second-order valence-electron chi connectivity index (χ2n) is 5.78. The standard InChI is InChI=1S/C19H21NO3/c1-13-8-14(2)10-16(9-13)6-7-20-18(21)12-15-4-3-5-17(11-15)19(22)23/h3-5,8-11H,6-7,12H2,1-2H3,(H,20,21)(H,22,23). The molecule has 0 aliphatic heterocycles. The third-order valence-corrected chi connectivity index (χ3v) is 3.56. The molecule has 2 N–H and O–H groups in total. The second kappa shape index (κ2) is 7.58. The molecule has 4 heteroatoms. The van der Waals surface area contributed by atoms with Gasteiger partial charge in [-0.25, -0.2) is 4.79 Å². The number of rotatable bonds is 6. The van der Waals surface area contributed by atoms with Crippen molar-refractivity contribution in [2.75, 3.05) is 6.54 Å². The number of carbonyl (C=O) groups excluding carboxylic acids is 1. The second-order valence-corrected chi connectivity index (χ2v) is 5.78. The highest BCUT2D eigenvalue weighted by Crippen LogP contribution is 2.09. The van der Waals surface area contributed by atoms with E-state index in [-0.39, 0.29) is 17.9 Å². The number of hydrogen-bond acceptors (Lipinski definition) is 2. The van der Waals surface area contributed by atoms with Crippen molar-refractivity contribution in [3.8, 4) is 0 Å². The van der Waals surface area contributed by atoms with Gasteiger partial charge in [0.15, 0.2) is 0 Å². The van der Waals surface area contributed by atoms with E-state index in [9.17, 15) is 9.59 Å². The Bertz CT molecular complexity index is 702. The van der Waals surface area contributed by atoms with Crippen LogP contribution in [0, 0.1) is 13.8 Å². The van der Waals surface area contributed by atoms with Crippen molar-refractivity contribution in [3.05, 3.63) is 70.3 Å². The first-order valence-corrected chi connectivity index (χ1v) is 7.60. The Morgan fingerprint density at radius 3 is 2.35 bits per heavy atom. The topological polar surface area (TPSA) is 66.4 Å². The largest absolute Gasteiger partial charge is 0.478 e. The van der Waals surface area contributed by atoms with Crippen molar-refractivity contribution in [1.82, 2.24) is 5.32 Å². The normalized spacial score (nSPS) is 10.3. The lowest BCUT2D eigenvalue weighted by Gasteiger charge is -2.08. The monoisotopic (exact) mass is 311 g/mol. The molecule has 0 atom stereocenters. The smallest absolute Gasteiger partial charge is 0.335 e. The van der Waals surface area contributed by atoms with E-state index in [1.807, 2.05) is 0 Å². The average molecular weight is 311 g/mol. The predicted octanol–water partition coefficient (Wildman–Crippen LogP) is 2.90. The van der Waals surface area contributed by atoms with Crippen molar-refractivity contribution in [2.24, 2.45) is 0 Å². The molecular formula is C19H21NO3. The number of carboxylic acid groups (broad SMARTS) is 1. The number of aromatic carboxylic acids is 1. The molecule has 2 aromatic carbocycles. The maximum atomic E-state index is 12.0. The third-order valence-electron chi connectivity index (χ3n) is 3.56. The predicted molar refractivity (Wildman–Crippen MR) is 89.7 cm³/mol. The van der Waals surface area contributed by atoms with Crippen LogP contribution in [0.3, 0.4) is 0 Å². The Morgan fingerprint density at radius 1 is 1.00 bits per heavy atom. The van der Waals surface area contributed by atoms with Crippen LogP contribution in [-0.2, 0) is 17.6 Å². The summed E-state index contributed by atoms with van der Waals surface area (Å²) in [4.78, 5) is 22.9. The average Bonchev–Trinajstić information content (AvgIpc) is 2.46. The molecule has 0 radical (unpaired) electrons. The van der Waals surface area contributed by atoms with E-state index in [2.05, 4.69) is 37.4 Å². The van der Waals surface area contributed by atoms with E-state index < -0.39 is 5.97 Å². The molecule has 0 saturated heterocycles. The Hall–Kier alpha value is -2.62. The van der Waals surface area contributed by atoms with Crippen LogP contribution in [0.5, 0.6) is 0 Å². The highest BCUT2D eigenvalue weighted by molar-refractivity contribution is 5.88. The molecule has 4 nitrogen and oxygen atoms in total. The summed E-state index contributed by atoms with van der Waals surface area (Å²) in [6.45, 7) is 4.69. The molecule has 0 heterocycles. The van der Waals surface area contributed by atoms with Gasteiger partial charge in [0, 0.05) is 6.54 Å². The summed E-state index contributed by atoms with van der Waals surface area (Å²) in [5, 5.41) is 11.8. The fourth-order valence-electron chi connectivity index (χ4n) is 2.62. The molecule has 0 aliphatic carbocycles. The third kappa shape index (κ3) is 5.25. The van der Waals surface area contributed by atoms with Gasteiger partial charge >= 0.3 is 5.97 Å². The summed E-state index contributed by atoms with van der Waals surface area (Å²) in [5.74, 6) is -1.08. The summed E-state index contributed by atoms with van der Waals surface area (Å²) in [6.07, 6.45) is 0.970. The molecule has 0 bridgehead atoms. The van der Waals surface area contributed by atoms with Gasteiger partial charge in [-0.15, -0.1) is 0 Å². The van der Waals surface area contributed by atoms with Crippen molar-refractivity contribution in [2.45, 2.75) is 26.7 Å². The van der Waals surface area contributed by atoms with Gasteiger partial charge in [-0.3, -0.25) is 4.79 Å². The molecule has 0 aromatic heterocycles. The lowest BCUT2D eigenvalue weighted by molar-refractivity contribution is -0.120. The van der Waals surface area contributed by atoms with Crippen LogP contribution in [0.1, 0.15) is 32.6 Å². The van der Waals surface area contributed by atoms with Crippen molar-refractivity contribution >= 4 is 11.9 Å². The molecule has 120 valence electrons. The fraction of sp³-hybridized carbons (Fsp3) is 0.263. The van der Waals surface area contributed by atoms with Gasteiger partial charge in [0.05, 0.1) is 12.0 Å². The van der Waals surface area contributed by atoms with Crippen LogP contribution in [0.2, 0.25) is 0 Å². The van der Waals surface area contributed by atoms with Crippen LogP contribution in [-0.4, -0.2) is 23.5 Å². The molecular weight excluding hydrogens is 290 g/mol. The molecule has 2 aromatic rings. The van der Waals surface area contributed by atoms with Crippen molar-refractivity contribution < 1.29 is 14.7 Å². The number of nitrogens with one attached hydrogen (secondary N) is 1. The SMILES string of the molecule is Cc1cc(C)cc(CCNC(=O)Cc2cccc(C(=O)O)c2)c1. The van der Waals surface area contributed by atoms with Gasteiger partial charge < -0.3 is 10.4 Å². The summed E-state index contributed by atoms with van der Waals surface area (Å²) < 4.78 is 0. The zero-order valence-corrected chi connectivity index (χ0v) is 13.4. The first kappa shape index (κ1) is 16.7. The first-order valence-electron chi connectivity index (χ1n) is 7.60. The van der Waals surface area contributed by atoms with Gasteiger partial charge in [-0.2, -0.15) is 0 Å². The molecule has 0 fully saturated rings. The van der Waals surface area contributed by atoms with Gasteiger partial charge in [0.1, 0.15) is 0 Å². The van der Waals surface area contributed by atoms with Gasteiger partial charge in [-0.1, -0.05) is 41.5 Å². The van der Waals surface area contributed by atoms with E-state index in [0.29, 0.717) is 12.1 Å². The minimum Gasteiger partial charge on any atom is -0.478 e. The molecule has 0 saturated carbocycles. The van der Waals surface area contributed by atoms with Crippen LogP contribution < -0.4 is 5.32 Å². The van der Waals surface area contributed by atoms with Crippen LogP contribution in [0.4, 0.5) is 0 Å². The van der Waals surface area contributed by atoms with Gasteiger partial charge in [-0.05, 0) is 43.5 Å². The van der Waals surface area contributed by atoms with E-state index >= 15 is 0 Å². The van der Waals surface area contributed by atoms with E-state index in [4.69, 9.17) is 5.11 Å². The van der Waals surface area contributed by atoms with Crippen LogP contribution in [0.15, 0.2) is 42.5 Å². The first-order chi connectivity index (χ1) is 10.9. The number of benzene rings is 2. The van der Waals surface area contributed by atoms with Gasteiger partial charge in [0.2, 0.25) is 5.91 Å². The molecule has 0 unspecified atom stereocenters. The van der Waals surface area contributed by atoms with E-state index in [1.54, 1.807) is 12.1 Å². The number of hydrogen-bond donors (Lipinski definition) is 2. The lowest BCUT2D eigenvalue weighted by atomic mass is 10.0. The number of aryl methyl sites for hydroxylation is 2. The van der Waals surface area contributed by atoms with Gasteiger partial charge in [0.25, 0.3) is 0 Å². The van der Waals surface area contributed by atoms with Crippen molar-refractivity contribution in [1.29, 1.82) is 0 Å². The maximum Gasteiger partial charge on any atom is 0.335 e. The Morgan fingerprint density at radius 2 is 1.70 bits per heavy atom. The highest BCUT2D eigenvalue weighted by atomic mass is 16.4. The minimum atomic E-state index is -0.984. The number of amides is 1. The van der Waals surface area contributed by atoms with E-state index in [1.165, 1.54) is 28.8 Å². The minimum absolute atomic E-state index is 0.100. The van der Waals surface area contributed by atoms with Crippen molar-refractivity contribution in [3.63, 3.8) is 0 Å². The summed E-state index contributed by atoms with van der Waals surface area (Å²) in [6, 6.07) is 12.8. The highest BCUT2D eigenvalue weighted by Gasteiger charge is 2.07. The molecule has 2 rings (SSSR count). The van der Waals surface area contributed by atoms with E-state index in [0.717, 1.165) is 6.42 Å². The zero-order valence-electron chi connectivity index (χ0n) is 13.4. The quantitative estimate of drug-likeness (QED) is 0.862. The summed E-state index contributed by atoms with van der Waals surface area (Å²) in [7, 11) is 0. The molecule has 0 aliphatic rings. The maximum absolute atomic E-state index is 12.0. The Kier molecular flexibility index (Phi) is 5.52. The summed E-state index contributed by atoms with van der Waals surface area (Å²) >= 11 is 0. The zero-order chi connectivity index (χ0) is 16.8. The summed E-state index contributed by atoms with van der Waals surface area (Å²) in [5.41, 5.74) is 4.55. The molecule has 1 amide bonds.